The van der Waals surface area contributed by atoms with Gasteiger partial charge in [-0.1, -0.05) is 17.7 Å². The molecular formula is C14H20ClN3. The lowest BCUT2D eigenvalue weighted by molar-refractivity contribution is 0.0994. The van der Waals surface area contributed by atoms with Gasteiger partial charge in [0, 0.05) is 32.2 Å². The van der Waals surface area contributed by atoms with E-state index >= 15 is 0 Å². The number of nitrogens with zero attached hydrogens (tertiary/aromatic N) is 2. The van der Waals surface area contributed by atoms with Crippen LogP contribution in [0.15, 0.2) is 18.2 Å². The third-order valence-electron chi connectivity index (χ3n) is 4.14. The molecule has 98 valence electrons. The van der Waals surface area contributed by atoms with Gasteiger partial charge in [-0.2, -0.15) is 0 Å². The minimum Gasteiger partial charge on any atom is -0.398 e. The van der Waals surface area contributed by atoms with Gasteiger partial charge in [-0.05, 0) is 37.1 Å². The van der Waals surface area contributed by atoms with Crippen LogP contribution in [0.3, 0.4) is 0 Å². The number of piperazine rings is 1. The highest BCUT2D eigenvalue weighted by molar-refractivity contribution is 6.33. The molecule has 2 N–H and O–H groups in total. The van der Waals surface area contributed by atoms with E-state index in [0.29, 0.717) is 10.7 Å². The van der Waals surface area contributed by atoms with Crippen molar-refractivity contribution in [3.63, 3.8) is 0 Å². The molecule has 2 fully saturated rings. The fourth-order valence-corrected chi connectivity index (χ4v) is 3.33. The van der Waals surface area contributed by atoms with Gasteiger partial charge in [0.1, 0.15) is 0 Å². The van der Waals surface area contributed by atoms with E-state index in [1.165, 1.54) is 44.6 Å². The average Bonchev–Trinajstić information content (AvgIpc) is 2.81. The molecule has 1 unspecified atom stereocenters. The van der Waals surface area contributed by atoms with Crippen molar-refractivity contribution in [3.05, 3.63) is 28.8 Å². The summed E-state index contributed by atoms with van der Waals surface area (Å²) in [5.41, 5.74) is 7.67. The Labute approximate surface area is 114 Å². The first-order chi connectivity index (χ1) is 8.72. The molecule has 0 saturated carbocycles. The summed E-state index contributed by atoms with van der Waals surface area (Å²) in [5.74, 6) is 0. The van der Waals surface area contributed by atoms with Crippen molar-refractivity contribution in [2.75, 3.05) is 31.9 Å². The quantitative estimate of drug-likeness (QED) is 0.833. The molecule has 2 heterocycles. The van der Waals surface area contributed by atoms with Gasteiger partial charge in [0.25, 0.3) is 0 Å². The summed E-state index contributed by atoms with van der Waals surface area (Å²) in [6.07, 6.45) is 2.73. The fraction of sp³-hybridized carbons (Fsp3) is 0.571. The normalized spacial score (nSPS) is 25.3. The van der Waals surface area contributed by atoms with Crippen molar-refractivity contribution in [3.8, 4) is 0 Å². The molecule has 0 aromatic heterocycles. The molecule has 0 bridgehead atoms. The predicted molar refractivity (Wildman–Crippen MR) is 75.7 cm³/mol. The summed E-state index contributed by atoms with van der Waals surface area (Å²) in [7, 11) is 0. The lowest BCUT2D eigenvalue weighted by Gasteiger charge is -2.37. The van der Waals surface area contributed by atoms with E-state index in [4.69, 9.17) is 17.3 Å². The maximum absolute atomic E-state index is 6.07. The van der Waals surface area contributed by atoms with E-state index < -0.39 is 0 Å². The van der Waals surface area contributed by atoms with E-state index in [9.17, 15) is 0 Å². The summed E-state index contributed by atoms with van der Waals surface area (Å²) in [4.78, 5) is 5.17. The largest absolute Gasteiger partial charge is 0.398 e. The molecule has 18 heavy (non-hydrogen) atoms. The Morgan fingerprint density at radius 3 is 3.00 bits per heavy atom. The molecular weight excluding hydrogens is 246 g/mol. The number of nitrogen functional groups attached to an aromatic ring is 1. The number of nitrogens with two attached hydrogens (primary N) is 1. The van der Waals surface area contributed by atoms with E-state index in [-0.39, 0.29) is 0 Å². The van der Waals surface area contributed by atoms with Crippen LogP contribution in [0.1, 0.15) is 18.4 Å². The van der Waals surface area contributed by atoms with Gasteiger partial charge in [0.2, 0.25) is 0 Å². The highest BCUT2D eigenvalue weighted by Crippen LogP contribution is 2.24. The Balaban J connectivity index is 1.64. The molecule has 3 rings (SSSR count). The van der Waals surface area contributed by atoms with Crippen molar-refractivity contribution in [1.82, 2.24) is 9.80 Å². The van der Waals surface area contributed by atoms with Gasteiger partial charge in [-0.3, -0.25) is 9.80 Å². The molecule has 1 aromatic carbocycles. The second-order valence-electron chi connectivity index (χ2n) is 5.42. The van der Waals surface area contributed by atoms with Crippen molar-refractivity contribution < 1.29 is 0 Å². The van der Waals surface area contributed by atoms with Gasteiger partial charge >= 0.3 is 0 Å². The van der Waals surface area contributed by atoms with Crippen LogP contribution < -0.4 is 5.73 Å². The molecule has 0 spiro atoms. The minimum absolute atomic E-state index is 0.668. The van der Waals surface area contributed by atoms with Crippen molar-refractivity contribution in [2.45, 2.75) is 25.4 Å². The number of benzene rings is 1. The molecule has 0 radical (unpaired) electrons. The van der Waals surface area contributed by atoms with Crippen LogP contribution in [0.5, 0.6) is 0 Å². The third-order valence-corrected chi connectivity index (χ3v) is 4.47. The van der Waals surface area contributed by atoms with Gasteiger partial charge in [-0.15, -0.1) is 0 Å². The predicted octanol–water partition coefficient (Wildman–Crippen LogP) is 2.20. The fourth-order valence-electron chi connectivity index (χ4n) is 3.13. The first-order valence-corrected chi connectivity index (χ1v) is 7.10. The number of hydrogen-bond donors (Lipinski definition) is 1. The number of hydrogen-bond acceptors (Lipinski definition) is 3. The van der Waals surface area contributed by atoms with Crippen molar-refractivity contribution in [2.24, 2.45) is 0 Å². The molecule has 2 aliphatic heterocycles. The number of anilines is 1. The monoisotopic (exact) mass is 265 g/mol. The molecule has 2 saturated heterocycles. The van der Waals surface area contributed by atoms with Crippen LogP contribution in [0.25, 0.3) is 0 Å². The highest BCUT2D eigenvalue weighted by Gasteiger charge is 2.30. The van der Waals surface area contributed by atoms with Crippen LogP contribution in [0.4, 0.5) is 5.69 Å². The van der Waals surface area contributed by atoms with Crippen LogP contribution in [-0.4, -0.2) is 42.0 Å². The smallest absolute Gasteiger partial charge is 0.0638 e. The Hall–Kier alpha value is -0.770. The van der Waals surface area contributed by atoms with E-state index in [1.807, 2.05) is 12.1 Å². The van der Waals surface area contributed by atoms with Gasteiger partial charge in [-0.25, -0.2) is 0 Å². The molecule has 2 aliphatic rings. The Morgan fingerprint density at radius 2 is 2.17 bits per heavy atom. The summed E-state index contributed by atoms with van der Waals surface area (Å²) in [6, 6.07) is 6.77. The number of rotatable bonds is 2. The zero-order valence-electron chi connectivity index (χ0n) is 10.6. The summed E-state index contributed by atoms with van der Waals surface area (Å²) >= 11 is 6.07. The molecule has 4 heteroatoms. The maximum atomic E-state index is 6.07. The zero-order valence-corrected chi connectivity index (χ0v) is 11.4. The van der Waals surface area contributed by atoms with Crippen molar-refractivity contribution >= 4 is 17.3 Å². The number of fused-ring (bicyclic) bond motifs is 1. The summed E-state index contributed by atoms with van der Waals surface area (Å²) in [5, 5.41) is 0.673. The standard InChI is InChI=1S/C14H20ClN3/c15-13-8-11(3-4-14(13)16)9-17-6-7-18-5-1-2-12(18)10-17/h3-4,8,12H,1-2,5-7,9-10,16H2. The first-order valence-electron chi connectivity index (χ1n) is 6.73. The van der Waals surface area contributed by atoms with Gasteiger partial charge in [0.05, 0.1) is 10.7 Å². The van der Waals surface area contributed by atoms with Crippen LogP contribution in [0, 0.1) is 0 Å². The molecule has 0 aliphatic carbocycles. The average molecular weight is 266 g/mol. The second kappa shape index (κ2) is 5.08. The maximum Gasteiger partial charge on any atom is 0.0638 e. The Bertz CT molecular complexity index is 435. The first kappa shape index (κ1) is 12.3. The van der Waals surface area contributed by atoms with E-state index in [2.05, 4.69) is 15.9 Å². The van der Waals surface area contributed by atoms with Gasteiger partial charge < -0.3 is 5.73 Å². The second-order valence-corrected chi connectivity index (χ2v) is 5.83. The highest BCUT2D eigenvalue weighted by atomic mass is 35.5. The topological polar surface area (TPSA) is 32.5 Å². The van der Waals surface area contributed by atoms with Crippen molar-refractivity contribution in [1.29, 1.82) is 0 Å². The van der Waals surface area contributed by atoms with Crippen LogP contribution >= 0.6 is 11.6 Å². The summed E-state index contributed by atoms with van der Waals surface area (Å²) in [6.45, 7) is 5.87. The SMILES string of the molecule is Nc1ccc(CN2CCN3CCCC3C2)cc1Cl. The van der Waals surface area contributed by atoms with Crippen LogP contribution in [0.2, 0.25) is 5.02 Å². The summed E-state index contributed by atoms with van der Waals surface area (Å²) < 4.78 is 0. The van der Waals surface area contributed by atoms with Crippen LogP contribution in [-0.2, 0) is 6.54 Å². The molecule has 1 atom stereocenters. The molecule has 1 aromatic rings. The lowest BCUT2D eigenvalue weighted by Crippen LogP contribution is -2.49. The molecule has 3 nitrogen and oxygen atoms in total. The zero-order chi connectivity index (χ0) is 12.5. The Morgan fingerprint density at radius 1 is 1.28 bits per heavy atom. The van der Waals surface area contributed by atoms with E-state index in [1.54, 1.807) is 0 Å². The van der Waals surface area contributed by atoms with E-state index in [0.717, 1.165) is 12.6 Å². The van der Waals surface area contributed by atoms with Gasteiger partial charge in [0.15, 0.2) is 0 Å². The number of halogens is 1. The third kappa shape index (κ3) is 2.48. The Kier molecular flexibility index (Phi) is 3.46. The minimum atomic E-state index is 0.668. The molecule has 0 amide bonds. The lowest BCUT2D eigenvalue weighted by atomic mass is 10.1.